The van der Waals surface area contributed by atoms with Crippen LogP contribution in [0.25, 0.3) is 0 Å². The number of alkyl halides is 2. The van der Waals surface area contributed by atoms with Gasteiger partial charge < -0.3 is 15.8 Å². The number of benzene rings is 1. The van der Waals surface area contributed by atoms with Gasteiger partial charge in [-0.15, -0.1) is 0 Å². The summed E-state index contributed by atoms with van der Waals surface area (Å²) < 4.78 is 50.3. The van der Waals surface area contributed by atoms with E-state index in [1.807, 2.05) is 6.92 Å². The molecule has 29 heavy (non-hydrogen) atoms. The number of amides is 1. The van der Waals surface area contributed by atoms with Crippen LogP contribution in [0.5, 0.6) is 0 Å². The smallest absolute Gasteiger partial charge is 0.299 e. The number of aliphatic imine (C=N–C) groups is 1. The van der Waals surface area contributed by atoms with Gasteiger partial charge in [-0.3, -0.25) is 14.5 Å². The fourth-order valence-electron chi connectivity index (χ4n) is 2.96. The van der Waals surface area contributed by atoms with Gasteiger partial charge in [-0.1, -0.05) is 11.6 Å². The fraction of sp³-hybridized carbons (Fsp3) is 0.389. The molecule has 2 heterocycles. The van der Waals surface area contributed by atoms with Gasteiger partial charge in [-0.2, -0.15) is 5.10 Å². The Morgan fingerprint density at radius 3 is 2.83 bits per heavy atom. The number of anilines is 1. The Hall–Kier alpha value is -2.59. The van der Waals surface area contributed by atoms with Gasteiger partial charge in [0.1, 0.15) is 24.9 Å². The number of nitrogens with two attached hydrogens (primary N) is 1. The summed E-state index contributed by atoms with van der Waals surface area (Å²) in [5.41, 5.74) is 2.90. The monoisotopic (exact) mass is 429 g/mol. The molecule has 0 saturated carbocycles. The summed E-state index contributed by atoms with van der Waals surface area (Å²) >= 11 is 6.01. The number of carbonyl (C=O) groups is 1. The number of aryl methyl sites for hydroxylation is 1. The third kappa shape index (κ3) is 3.95. The van der Waals surface area contributed by atoms with Crippen molar-refractivity contribution in [3.63, 3.8) is 0 Å². The topological polar surface area (TPSA) is 94.5 Å². The minimum atomic E-state index is -3.54. The highest BCUT2D eigenvalue weighted by atomic mass is 35.5. The van der Waals surface area contributed by atoms with Crippen molar-refractivity contribution < 1.29 is 22.7 Å². The van der Waals surface area contributed by atoms with Crippen molar-refractivity contribution in [3.8, 4) is 0 Å². The maximum atomic E-state index is 14.7. The Morgan fingerprint density at radius 2 is 2.17 bits per heavy atom. The first-order valence-electron chi connectivity index (χ1n) is 8.71. The van der Waals surface area contributed by atoms with Crippen molar-refractivity contribution in [2.45, 2.75) is 31.9 Å². The number of hydrogen-bond donors (Lipinski definition) is 2. The molecular formula is C18H19ClF3N5O2. The van der Waals surface area contributed by atoms with E-state index in [1.165, 1.54) is 16.9 Å². The van der Waals surface area contributed by atoms with Gasteiger partial charge in [0.15, 0.2) is 11.2 Å². The van der Waals surface area contributed by atoms with Gasteiger partial charge in [0, 0.05) is 24.0 Å². The van der Waals surface area contributed by atoms with Crippen molar-refractivity contribution in [1.29, 1.82) is 0 Å². The molecule has 156 valence electrons. The molecule has 0 spiro atoms. The maximum absolute atomic E-state index is 14.7. The highest BCUT2D eigenvalue weighted by molar-refractivity contribution is 6.34. The fourth-order valence-corrected chi connectivity index (χ4v) is 3.20. The van der Waals surface area contributed by atoms with Crippen molar-refractivity contribution >= 4 is 29.0 Å². The van der Waals surface area contributed by atoms with Crippen molar-refractivity contribution in [2.75, 3.05) is 18.5 Å². The van der Waals surface area contributed by atoms with Crippen LogP contribution in [0.15, 0.2) is 29.4 Å². The van der Waals surface area contributed by atoms with Crippen LogP contribution in [0.1, 0.15) is 29.9 Å². The summed E-state index contributed by atoms with van der Waals surface area (Å²) in [6.07, 6.45) is 1.48. The second kappa shape index (κ2) is 7.68. The van der Waals surface area contributed by atoms with E-state index in [-0.39, 0.29) is 28.8 Å². The molecule has 0 saturated heterocycles. The van der Waals surface area contributed by atoms with E-state index in [9.17, 15) is 18.0 Å². The third-order valence-electron chi connectivity index (χ3n) is 4.62. The van der Waals surface area contributed by atoms with E-state index in [1.54, 1.807) is 0 Å². The molecule has 1 aliphatic heterocycles. The average molecular weight is 430 g/mol. The summed E-state index contributed by atoms with van der Waals surface area (Å²) in [7, 11) is 0. The SMILES string of the molecule is CCn1cc(Cl)c(C(=O)Nc2ccc(F)c([C@@]3(C)N=C(N)COCC3(F)F)c2)n1. The quantitative estimate of drug-likeness (QED) is 0.780. The van der Waals surface area contributed by atoms with Crippen molar-refractivity contribution in [3.05, 3.63) is 46.5 Å². The molecule has 3 N–H and O–H groups in total. The van der Waals surface area contributed by atoms with E-state index < -0.39 is 35.4 Å². The normalized spacial score (nSPS) is 21.4. The molecule has 0 radical (unpaired) electrons. The zero-order chi connectivity index (χ0) is 21.4. The van der Waals surface area contributed by atoms with Crippen LogP contribution in [-0.4, -0.2) is 40.7 Å². The Labute approximate surface area is 169 Å². The van der Waals surface area contributed by atoms with Gasteiger partial charge >= 0.3 is 0 Å². The lowest BCUT2D eigenvalue weighted by molar-refractivity contribution is -0.116. The van der Waals surface area contributed by atoms with Gasteiger partial charge in [0.25, 0.3) is 11.8 Å². The molecule has 3 rings (SSSR count). The van der Waals surface area contributed by atoms with Crippen LogP contribution in [0.3, 0.4) is 0 Å². The summed E-state index contributed by atoms with van der Waals surface area (Å²) in [6.45, 7) is 2.12. The Kier molecular flexibility index (Phi) is 5.59. The number of ether oxygens (including phenoxy) is 1. The summed E-state index contributed by atoms with van der Waals surface area (Å²) in [5, 5.41) is 6.66. The number of hydrogen-bond acceptors (Lipinski definition) is 5. The zero-order valence-corrected chi connectivity index (χ0v) is 16.4. The molecular weight excluding hydrogens is 411 g/mol. The number of nitrogens with zero attached hydrogens (tertiary/aromatic N) is 3. The molecule has 0 unspecified atom stereocenters. The van der Waals surface area contributed by atoms with Crippen LogP contribution >= 0.6 is 11.6 Å². The molecule has 1 aliphatic rings. The second-order valence-corrected chi connectivity index (χ2v) is 7.11. The van der Waals surface area contributed by atoms with Gasteiger partial charge in [-0.05, 0) is 32.0 Å². The Balaban J connectivity index is 1.98. The molecule has 0 fully saturated rings. The number of halogens is 4. The number of nitrogens with one attached hydrogen (secondary N) is 1. The molecule has 0 bridgehead atoms. The van der Waals surface area contributed by atoms with Gasteiger partial charge in [0.2, 0.25) is 0 Å². The highest BCUT2D eigenvalue weighted by Crippen LogP contribution is 2.44. The van der Waals surface area contributed by atoms with Crippen LogP contribution in [-0.2, 0) is 16.8 Å². The van der Waals surface area contributed by atoms with E-state index in [0.717, 1.165) is 19.1 Å². The number of rotatable bonds is 4. The highest BCUT2D eigenvalue weighted by Gasteiger charge is 2.54. The lowest BCUT2D eigenvalue weighted by Crippen LogP contribution is -2.45. The zero-order valence-electron chi connectivity index (χ0n) is 15.7. The predicted octanol–water partition coefficient (Wildman–Crippen LogP) is 3.19. The minimum absolute atomic E-state index is 0.0407. The van der Waals surface area contributed by atoms with Crippen molar-refractivity contribution in [2.24, 2.45) is 10.7 Å². The first-order valence-corrected chi connectivity index (χ1v) is 9.09. The molecule has 1 aromatic heterocycles. The Morgan fingerprint density at radius 1 is 1.45 bits per heavy atom. The lowest BCUT2D eigenvalue weighted by atomic mass is 9.85. The molecule has 1 atom stereocenters. The summed E-state index contributed by atoms with van der Waals surface area (Å²) in [5.74, 6) is -5.31. The third-order valence-corrected chi connectivity index (χ3v) is 4.89. The molecule has 1 amide bonds. The van der Waals surface area contributed by atoms with Gasteiger partial charge in [-0.25, -0.2) is 13.2 Å². The lowest BCUT2D eigenvalue weighted by Gasteiger charge is -2.33. The largest absolute Gasteiger partial charge is 0.385 e. The first kappa shape index (κ1) is 21.1. The number of aromatic nitrogens is 2. The van der Waals surface area contributed by atoms with E-state index in [2.05, 4.69) is 15.4 Å². The van der Waals surface area contributed by atoms with E-state index in [0.29, 0.717) is 6.54 Å². The summed E-state index contributed by atoms with van der Waals surface area (Å²) in [4.78, 5) is 16.3. The second-order valence-electron chi connectivity index (χ2n) is 6.70. The molecule has 7 nitrogen and oxygen atoms in total. The molecule has 0 aliphatic carbocycles. The minimum Gasteiger partial charge on any atom is -0.385 e. The number of amidine groups is 1. The number of carbonyl (C=O) groups excluding carboxylic acids is 1. The first-order chi connectivity index (χ1) is 13.6. The van der Waals surface area contributed by atoms with Crippen LogP contribution in [0.2, 0.25) is 5.02 Å². The van der Waals surface area contributed by atoms with Crippen LogP contribution in [0.4, 0.5) is 18.9 Å². The predicted molar refractivity (Wildman–Crippen MR) is 102 cm³/mol. The molecule has 2 aromatic rings. The van der Waals surface area contributed by atoms with Crippen LogP contribution in [0, 0.1) is 5.82 Å². The van der Waals surface area contributed by atoms with Crippen LogP contribution < -0.4 is 11.1 Å². The van der Waals surface area contributed by atoms with E-state index in [4.69, 9.17) is 22.1 Å². The Bertz CT molecular complexity index is 978. The standard InChI is InChI=1S/C18H19ClF3N5O2/c1-3-27-7-12(19)15(26-27)16(28)24-10-4-5-13(20)11(6-10)17(2)18(21,22)9-29-8-14(23)25-17/h4-7H,3,8-9H2,1-2H3,(H2,23,25)(H,24,28)/t17-/m1/s1. The average Bonchev–Trinajstić information content (AvgIpc) is 2.99. The maximum Gasteiger partial charge on any atom is 0.299 e. The molecule has 11 heteroatoms. The van der Waals surface area contributed by atoms with Crippen molar-refractivity contribution in [1.82, 2.24) is 9.78 Å². The molecule has 1 aromatic carbocycles. The van der Waals surface area contributed by atoms with Gasteiger partial charge in [0.05, 0.1) is 5.02 Å². The van der Waals surface area contributed by atoms with E-state index >= 15 is 0 Å². The summed E-state index contributed by atoms with van der Waals surface area (Å²) in [6, 6.07) is 3.30.